The molecular formula is C30H26FN7O. The summed E-state index contributed by atoms with van der Waals surface area (Å²) in [5.41, 5.74) is 7.27. The molecule has 0 radical (unpaired) electrons. The molecule has 5 heterocycles. The topological polar surface area (TPSA) is 95.6 Å². The molecule has 4 aromatic heterocycles. The third-order valence-electron chi connectivity index (χ3n) is 7.24. The van der Waals surface area contributed by atoms with E-state index in [1.807, 2.05) is 42.5 Å². The summed E-state index contributed by atoms with van der Waals surface area (Å²) >= 11 is 0. The molecule has 0 bridgehead atoms. The molecule has 2 N–H and O–H groups in total. The average Bonchev–Trinajstić information content (AvgIpc) is 3.72. The molecule has 0 saturated carbocycles. The lowest BCUT2D eigenvalue weighted by Gasteiger charge is -2.15. The van der Waals surface area contributed by atoms with Crippen LogP contribution in [0.4, 0.5) is 4.39 Å². The largest absolute Gasteiger partial charge is 0.492 e. The van der Waals surface area contributed by atoms with Gasteiger partial charge in [0.2, 0.25) is 0 Å². The van der Waals surface area contributed by atoms with Gasteiger partial charge < -0.3 is 9.72 Å². The molecule has 0 unspecified atom stereocenters. The van der Waals surface area contributed by atoms with Gasteiger partial charge >= 0.3 is 0 Å². The lowest BCUT2D eigenvalue weighted by Crippen LogP contribution is -2.25. The third-order valence-corrected chi connectivity index (χ3v) is 7.24. The van der Waals surface area contributed by atoms with E-state index in [4.69, 9.17) is 9.72 Å². The maximum absolute atomic E-state index is 14.7. The molecular weight excluding hydrogens is 493 g/mol. The predicted molar refractivity (Wildman–Crippen MR) is 149 cm³/mol. The number of fused-ring (bicyclic) bond motifs is 2. The molecule has 0 aliphatic carbocycles. The van der Waals surface area contributed by atoms with E-state index in [-0.39, 0.29) is 5.82 Å². The van der Waals surface area contributed by atoms with Crippen molar-refractivity contribution in [3.63, 3.8) is 0 Å². The fourth-order valence-electron chi connectivity index (χ4n) is 5.31. The SMILES string of the molecule is Fc1cc(OCCN2CCCC2)cc(-c2cccc3[nH]c(-c4n[nH]c5ccc(-c6cncnc6)nc45)cc23)c1. The van der Waals surface area contributed by atoms with E-state index in [0.717, 1.165) is 69.6 Å². The predicted octanol–water partition coefficient (Wildman–Crippen LogP) is 5.84. The molecule has 194 valence electrons. The molecule has 8 nitrogen and oxygen atoms in total. The van der Waals surface area contributed by atoms with Crippen molar-refractivity contribution in [3.05, 3.63) is 79.1 Å². The fourth-order valence-corrected chi connectivity index (χ4v) is 5.31. The summed E-state index contributed by atoms with van der Waals surface area (Å²) in [5.74, 6) is 0.216. The van der Waals surface area contributed by atoms with Gasteiger partial charge in [0, 0.05) is 41.5 Å². The molecule has 1 aliphatic heterocycles. The Hall–Kier alpha value is -4.63. The van der Waals surface area contributed by atoms with E-state index < -0.39 is 0 Å². The number of likely N-dealkylation sites (tertiary alicyclic amines) is 1. The molecule has 39 heavy (non-hydrogen) atoms. The van der Waals surface area contributed by atoms with Crippen molar-refractivity contribution in [2.45, 2.75) is 12.8 Å². The molecule has 1 aliphatic rings. The standard InChI is InChI=1S/C30H26FN7O/c31-21-12-19(13-22(14-21)39-11-10-38-8-1-2-9-38)23-4-3-5-26-24(23)15-28(34-26)30-29-27(36-37-30)7-6-25(35-29)20-16-32-18-33-17-20/h3-7,12-18,34H,1-2,8-11H2,(H,36,37). The Balaban J connectivity index is 1.23. The minimum Gasteiger partial charge on any atom is -0.492 e. The second kappa shape index (κ2) is 9.92. The molecule has 1 saturated heterocycles. The van der Waals surface area contributed by atoms with Crippen LogP contribution in [0.25, 0.3) is 55.7 Å². The van der Waals surface area contributed by atoms with Crippen LogP contribution in [0.3, 0.4) is 0 Å². The van der Waals surface area contributed by atoms with Gasteiger partial charge in [-0.15, -0.1) is 0 Å². The Bertz CT molecular complexity index is 1770. The fraction of sp³-hybridized carbons (Fsp3) is 0.200. The first-order chi connectivity index (χ1) is 19.2. The molecule has 2 aromatic carbocycles. The highest BCUT2D eigenvalue weighted by Crippen LogP contribution is 2.35. The summed E-state index contributed by atoms with van der Waals surface area (Å²) < 4.78 is 20.7. The Morgan fingerprint density at radius 3 is 2.67 bits per heavy atom. The summed E-state index contributed by atoms with van der Waals surface area (Å²) in [6.07, 6.45) is 7.44. The zero-order valence-electron chi connectivity index (χ0n) is 21.2. The first-order valence-corrected chi connectivity index (χ1v) is 13.1. The van der Waals surface area contributed by atoms with Crippen molar-refractivity contribution >= 4 is 21.9 Å². The minimum absolute atomic E-state index is 0.323. The van der Waals surface area contributed by atoms with Crippen LogP contribution >= 0.6 is 0 Å². The van der Waals surface area contributed by atoms with Crippen LogP contribution in [-0.2, 0) is 0 Å². The Morgan fingerprint density at radius 1 is 0.923 bits per heavy atom. The Labute approximate surface area is 223 Å². The summed E-state index contributed by atoms with van der Waals surface area (Å²) in [6, 6.07) is 16.8. The normalized spacial score (nSPS) is 14.0. The number of H-pyrrole nitrogens is 2. The monoisotopic (exact) mass is 519 g/mol. The van der Waals surface area contributed by atoms with Gasteiger partial charge in [-0.1, -0.05) is 12.1 Å². The van der Waals surface area contributed by atoms with Crippen LogP contribution in [0.5, 0.6) is 5.75 Å². The molecule has 0 spiro atoms. The van der Waals surface area contributed by atoms with Gasteiger partial charge in [-0.3, -0.25) is 10.00 Å². The highest BCUT2D eigenvalue weighted by Gasteiger charge is 2.17. The van der Waals surface area contributed by atoms with E-state index in [1.54, 1.807) is 18.5 Å². The quantitative estimate of drug-likeness (QED) is 0.275. The van der Waals surface area contributed by atoms with E-state index in [9.17, 15) is 4.39 Å². The van der Waals surface area contributed by atoms with Crippen molar-refractivity contribution in [1.82, 2.24) is 35.0 Å². The van der Waals surface area contributed by atoms with E-state index >= 15 is 0 Å². The number of ether oxygens (including phenoxy) is 1. The number of benzene rings is 2. The van der Waals surface area contributed by atoms with Crippen LogP contribution in [0.1, 0.15) is 12.8 Å². The molecule has 1 fully saturated rings. The van der Waals surface area contributed by atoms with Gasteiger partial charge in [0.05, 0.1) is 16.9 Å². The second-order valence-electron chi connectivity index (χ2n) is 9.81. The van der Waals surface area contributed by atoms with Crippen LogP contribution in [0.15, 0.2) is 73.3 Å². The number of hydrogen-bond acceptors (Lipinski definition) is 6. The maximum atomic E-state index is 14.7. The summed E-state index contributed by atoms with van der Waals surface area (Å²) in [6.45, 7) is 3.61. The maximum Gasteiger partial charge on any atom is 0.135 e. The number of aromatic amines is 2. The van der Waals surface area contributed by atoms with Crippen molar-refractivity contribution in [1.29, 1.82) is 0 Å². The van der Waals surface area contributed by atoms with Crippen LogP contribution in [0.2, 0.25) is 0 Å². The smallest absolute Gasteiger partial charge is 0.135 e. The van der Waals surface area contributed by atoms with Crippen LogP contribution in [0, 0.1) is 5.82 Å². The highest BCUT2D eigenvalue weighted by molar-refractivity contribution is 6.00. The number of nitrogens with one attached hydrogen (secondary N) is 2. The first kappa shape index (κ1) is 23.5. The second-order valence-corrected chi connectivity index (χ2v) is 9.81. The first-order valence-electron chi connectivity index (χ1n) is 13.1. The molecule has 9 heteroatoms. The van der Waals surface area contributed by atoms with Crippen molar-refractivity contribution < 1.29 is 9.13 Å². The third kappa shape index (κ3) is 4.61. The summed E-state index contributed by atoms with van der Waals surface area (Å²) in [7, 11) is 0. The van der Waals surface area contributed by atoms with Gasteiger partial charge in [0.1, 0.15) is 35.7 Å². The minimum atomic E-state index is -0.323. The zero-order chi connectivity index (χ0) is 26.2. The summed E-state index contributed by atoms with van der Waals surface area (Å²) in [5, 5.41) is 8.60. The van der Waals surface area contributed by atoms with Crippen LogP contribution < -0.4 is 4.74 Å². The zero-order valence-corrected chi connectivity index (χ0v) is 21.2. The number of halogens is 1. The van der Waals surface area contributed by atoms with Gasteiger partial charge in [0.25, 0.3) is 0 Å². The molecule has 0 amide bonds. The summed E-state index contributed by atoms with van der Waals surface area (Å²) in [4.78, 5) is 18.9. The van der Waals surface area contributed by atoms with Crippen LogP contribution in [-0.4, -0.2) is 61.3 Å². The lowest BCUT2D eigenvalue weighted by molar-refractivity contribution is 0.237. The number of aromatic nitrogens is 6. The Kier molecular flexibility index (Phi) is 5.97. The number of nitrogens with zero attached hydrogens (tertiary/aromatic N) is 5. The van der Waals surface area contributed by atoms with Crippen molar-refractivity contribution in [2.75, 3.05) is 26.2 Å². The average molecular weight is 520 g/mol. The van der Waals surface area contributed by atoms with Gasteiger partial charge in [-0.05, 0) is 73.5 Å². The van der Waals surface area contributed by atoms with E-state index in [2.05, 4.69) is 30.0 Å². The Morgan fingerprint density at radius 2 is 1.79 bits per heavy atom. The van der Waals surface area contributed by atoms with Crippen molar-refractivity contribution in [2.24, 2.45) is 0 Å². The van der Waals surface area contributed by atoms with E-state index in [0.29, 0.717) is 18.1 Å². The number of pyridine rings is 1. The lowest BCUT2D eigenvalue weighted by atomic mass is 10.0. The van der Waals surface area contributed by atoms with Crippen molar-refractivity contribution in [3.8, 4) is 39.5 Å². The molecule has 0 atom stereocenters. The molecule has 7 rings (SSSR count). The van der Waals surface area contributed by atoms with Gasteiger partial charge in [0.15, 0.2) is 0 Å². The number of hydrogen-bond donors (Lipinski definition) is 2. The molecule has 6 aromatic rings. The van der Waals surface area contributed by atoms with E-state index in [1.165, 1.54) is 25.2 Å². The highest BCUT2D eigenvalue weighted by atomic mass is 19.1. The number of rotatable bonds is 7. The van der Waals surface area contributed by atoms with Gasteiger partial charge in [-0.25, -0.2) is 19.3 Å². The van der Waals surface area contributed by atoms with Gasteiger partial charge in [-0.2, -0.15) is 5.10 Å².